The van der Waals surface area contributed by atoms with Crippen molar-refractivity contribution in [3.05, 3.63) is 35.9 Å². The van der Waals surface area contributed by atoms with E-state index in [4.69, 9.17) is 4.74 Å². The molecule has 0 aromatic heterocycles. The number of halogens is 3. The molecule has 0 amide bonds. The van der Waals surface area contributed by atoms with Gasteiger partial charge in [0, 0.05) is 4.43 Å². The van der Waals surface area contributed by atoms with E-state index in [1.807, 2.05) is 37.3 Å². The van der Waals surface area contributed by atoms with Crippen LogP contribution < -0.4 is 0 Å². The summed E-state index contributed by atoms with van der Waals surface area (Å²) in [5, 5.41) is 0. The molecule has 1 nitrogen and oxygen atoms in total. The topological polar surface area (TPSA) is 9.23 Å². The van der Waals surface area contributed by atoms with Crippen LogP contribution >= 0.6 is 22.6 Å². The summed E-state index contributed by atoms with van der Waals surface area (Å²) in [5.41, 5.74) is 0.304. The minimum atomic E-state index is -2.42. The first-order valence-corrected chi connectivity index (χ1v) is 6.14. The average molecular weight is 326 g/mol. The van der Waals surface area contributed by atoms with Crippen molar-refractivity contribution in [2.45, 2.75) is 19.0 Å². The van der Waals surface area contributed by atoms with Gasteiger partial charge in [0.15, 0.2) is 0 Å². The molecular weight excluding hydrogens is 313 g/mol. The van der Waals surface area contributed by atoms with Crippen molar-refractivity contribution >= 4 is 22.6 Å². The lowest BCUT2D eigenvalue weighted by molar-refractivity contribution is -0.0694. The van der Waals surface area contributed by atoms with Crippen LogP contribution in [0.5, 0.6) is 0 Å². The van der Waals surface area contributed by atoms with Crippen molar-refractivity contribution < 1.29 is 13.5 Å². The van der Waals surface area contributed by atoms with E-state index in [9.17, 15) is 8.78 Å². The summed E-state index contributed by atoms with van der Waals surface area (Å²) in [6.07, 6.45) is -2.42. The maximum Gasteiger partial charge on any atom is 0.261 e. The van der Waals surface area contributed by atoms with Crippen molar-refractivity contribution in [2.24, 2.45) is 0 Å². The largest absolute Gasteiger partial charge is 0.364 e. The third kappa shape index (κ3) is 3.68. The van der Waals surface area contributed by atoms with Crippen molar-refractivity contribution in [3.63, 3.8) is 0 Å². The van der Waals surface area contributed by atoms with Gasteiger partial charge in [-0.2, -0.15) is 0 Å². The summed E-state index contributed by atoms with van der Waals surface area (Å²) >= 11 is 2.15. The molecular formula is C11H13F2IO. The van der Waals surface area contributed by atoms with Crippen LogP contribution in [0.15, 0.2) is 30.3 Å². The Labute approximate surface area is 102 Å². The zero-order valence-corrected chi connectivity index (χ0v) is 10.6. The molecule has 1 atom stereocenters. The zero-order chi connectivity index (χ0) is 11.3. The van der Waals surface area contributed by atoms with E-state index in [1.54, 1.807) is 0 Å². The third-order valence-electron chi connectivity index (χ3n) is 2.17. The van der Waals surface area contributed by atoms with Gasteiger partial charge >= 0.3 is 0 Å². The highest BCUT2D eigenvalue weighted by Gasteiger charge is 2.27. The van der Waals surface area contributed by atoms with Gasteiger partial charge in [0.25, 0.3) is 6.43 Å². The van der Waals surface area contributed by atoms with Crippen LogP contribution in [0.2, 0.25) is 0 Å². The van der Waals surface area contributed by atoms with Crippen molar-refractivity contribution in [1.29, 1.82) is 0 Å². The highest BCUT2D eigenvalue weighted by Crippen LogP contribution is 2.27. The molecule has 84 valence electrons. The highest BCUT2D eigenvalue weighted by atomic mass is 127. The summed E-state index contributed by atoms with van der Waals surface area (Å²) in [7, 11) is 0. The molecule has 0 N–H and O–H groups in total. The summed E-state index contributed by atoms with van der Waals surface area (Å²) in [6, 6.07) is 9.44. The van der Waals surface area contributed by atoms with Crippen molar-refractivity contribution in [2.75, 3.05) is 11.0 Å². The Kier molecular flexibility index (Phi) is 4.92. The van der Waals surface area contributed by atoms with E-state index in [1.165, 1.54) is 0 Å². The van der Waals surface area contributed by atoms with E-state index >= 15 is 0 Å². The number of alkyl halides is 3. The van der Waals surface area contributed by atoms with Crippen LogP contribution in [-0.4, -0.2) is 17.5 Å². The fourth-order valence-electron chi connectivity index (χ4n) is 1.24. The monoisotopic (exact) mass is 326 g/mol. The summed E-state index contributed by atoms with van der Waals surface area (Å²) in [6.45, 7) is 1.31. The Morgan fingerprint density at radius 2 is 1.93 bits per heavy atom. The minimum absolute atomic E-state index is 0.519. The number of benzene rings is 1. The van der Waals surface area contributed by atoms with E-state index < -0.39 is 18.6 Å². The molecule has 0 saturated carbocycles. The van der Waals surface area contributed by atoms with E-state index in [-0.39, 0.29) is 0 Å². The van der Waals surface area contributed by atoms with Crippen LogP contribution in [-0.2, 0) is 10.3 Å². The van der Waals surface area contributed by atoms with E-state index in [0.29, 0.717) is 4.43 Å². The molecule has 0 aliphatic heterocycles. The molecule has 0 bridgehead atoms. The Bertz CT molecular complexity index is 292. The van der Waals surface area contributed by atoms with Gasteiger partial charge in [0.2, 0.25) is 0 Å². The predicted octanol–water partition coefficient (Wildman–Crippen LogP) is 3.62. The van der Waals surface area contributed by atoms with Crippen molar-refractivity contribution in [1.82, 2.24) is 0 Å². The first-order valence-electron chi connectivity index (χ1n) is 4.62. The van der Waals surface area contributed by atoms with Gasteiger partial charge in [-0.25, -0.2) is 8.78 Å². The number of hydrogen-bond acceptors (Lipinski definition) is 1. The zero-order valence-electron chi connectivity index (χ0n) is 8.42. The molecule has 15 heavy (non-hydrogen) atoms. The molecule has 1 rings (SSSR count). The van der Waals surface area contributed by atoms with Gasteiger partial charge in [0.1, 0.15) is 6.61 Å². The molecule has 0 radical (unpaired) electrons. The lowest BCUT2D eigenvalue weighted by atomic mass is 9.98. The lowest BCUT2D eigenvalue weighted by Gasteiger charge is -2.28. The molecule has 0 aliphatic rings. The van der Waals surface area contributed by atoms with E-state index in [0.717, 1.165) is 5.56 Å². The van der Waals surface area contributed by atoms with E-state index in [2.05, 4.69) is 22.6 Å². The molecule has 0 heterocycles. The Hall–Kier alpha value is -0.230. The SMILES string of the molecule is CC(CI)(OCC(F)F)c1ccccc1. The van der Waals surface area contributed by atoms with Gasteiger partial charge in [-0.1, -0.05) is 52.9 Å². The van der Waals surface area contributed by atoms with Gasteiger partial charge in [-0.05, 0) is 12.5 Å². The Morgan fingerprint density at radius 1 is 1.33 bits per heavy atom. The molecule has 0 saturated heterocycles. The highest BCUT2D eigenvalue weighted by molar-refractivity contribution is 14.1. The standard InChI is InChI=1S/C11H13F2IO/c1-11(8-14,15-7-10(12)13)9-5-3-2-4-6-9/h2-6,10H,7-8H2,1H3. The Balaban J connectivity index is 2.76. The number of ether oxygens (including phenoxy) is 1. The smallest absolute Gasteiger partial charge is 0.261 e. The maximum atomic E-state index is 12.1. The first-order chi connectivity index (χ1) is 7.08. The summed E-state index contributed by atoms with van der Waals surface area (Å²) in [4.78, 5) is 0. The molecule has 1 aromatic carbocycles. The van der Waals surface area contributed by atoms with Crippen LogP contribution in [0.3, 0.4) is 0 Å². The molecule has 1 unspecified atom stereocenters. The minimum Gasteiger partial charge on any atom is -0.364 e. The first kappa shape index (κ1) is 12.8. The van der Waals surface area contributed by atoms with Crippen LogP contribution in [0.25, 0.3) is 0 Å². The van der Waals surface area contributed by atoms with Gasteiger partial charge in [0.05, 0.1) is 5.60 Å². The quantitative estimate of drug-likeness (QED) is 0.593. The second-order valence-corrected chi connectivity index (χ2v) is 4.20. The second-order valence-electron chi connectivity index (χ2n) is 3.43. The van der Waals surface area contributed by atoms with Crippen LogP contribution in [0, 0.1) is 0 Å². The molecule has 4 heteroatoms. The van der Waals surface area contributed by atoms with Gasteiger partial charge < -0.3 is 4.74 Å². The lowest BCUT2D eigenvalue weighted by Crippen LogP contribution is -2.29. The maximum absolute atomic E-state index is 12.1. The third-order valence-corrected chi connectivity index (χ3v) is 3.62. The predicted molar refractivity (Wildman–Crippen MR) is 64.6 cm³/mol. The van der Waals surface area contributed by atoms with Crippen LogP contribution in [0.1, 0.15) is 12.5 Å². The fourth-order valence-corrected chi connectivity index (χ4v) is 1.90. The van der Waals surface area contributed by atoms with Gasteiger partial charge in [-0.15, -0.1) is 0 Å². The van der Waals surface area contributed by atoms with Crippen LogP contribution in [0.4, 0.5) is 8.78 Å². The Morgan fingerprint density at radius 3 is 2.40 bits per heavy atom. The molecule has 0 spiro atoms. The number of rotatable bonds is 5. The van der Waals surface area contributed by atoms with Gasteiger partial charge in [-0.3, -0.25) is 0 Å². The van der Waals surface area contributed by atoms with Crippen molar-refractivity contribution in [3.8, 4) is 0 Å². The molecule has 1 aromatic rings. The normalized spacial score (nSPS) is 15.3. The average Bonchev–Trinajstić information content (AvgIpc) is 2.27. The molecule has 0 aliphatic carbocycles. The summed E-state index contributed by atoms with van der Waals surface area (Å²) < 4.78 is 30.1. The fraction of sp³-hybridized carbons (Fsp3) is 0.455. The second kappa shape index (κ2) is 5.75. The number of hydrogen-bond donors (Lipinski definition) is 0. The molecule has 0 fully saturated rings. The summed E-state index contributed by atoms with van der Waals surface area (Å²) in [5.74, 6) is 0.